The molecule has 0 bridgehead atoms. The molecule has 0 saturated carbocycles. The Kier molecular flexibility index (Phi) is 2.94. The number of nitrogen functional groups attached to an aromatic ring is 1. The second-order valence-corrected chi connectivity index (χ2v) is 6.39. The summed E-state index contributed by atoms with van der Waals surface area (Å²) in [5, 5.41) is 0.809. The number of aromatic nitrogens is 4. The Labute approximate surface area is 148 Å². The number of aromatic amines is 1. The second-order valence-electron chi connectivity index (χ2n) is 6.39. The molecule has 3 N–H and O–H groups in total. The predicted octanol–water partition coefficient (Wildman–Crippen LogP) is 2.41. The van der Waals surface area contributed by atoms with Crippen LogP contribution in [0.4, 0.5) is 11.6 Å². The number of nitrogens with zero attached hydrogens (tertiary/aromatic N) is 4. The normalized spacial score (nSPS) is 15.1. The van der Waals surface area contributed by atoms with E-state index < -0.39 is 0 Å². The van der Waals surface area contributed by atoms with Gasteiger partial charge in [0.25, 0.3) is 5.56 Å². The van der Waals surface area contributed by atoms with Crippen LogP contribution in [0.15, 0.2) is 47.6 Å². The largest absolute Gasteiger partial charge is 0.368 e. The van der Waals surface area contributed by atoms with Crippen LogP contribution in [-0.2, 0) is 6.54 Å². The summed E-state index contributed by atoms with van der Waals surface area (Å²) in [7, 11) is 0. The van der Waals surface area contributed by atoms with Crippen LogP contribution < -0.4 is 16.2 Å². The van der Waals surface area contributed by atoms with Crippen LogP contribution in [0.3, 0.4) is 0 Å². The maximum Gasteiger partial charge on any atom is 0.280 e. The van der Waals surface area contributed by atoms with Crippen molar-refractivity contribution in [2.75, 3.05) is 10.6 Å². The summed E-state index contributed by atoms with van der Waals surface area (Å²) in [6, 6.07) is 3.88. The number of H-pyrrole nitrogens is 1. The van der Waals surface area contributed by atoms with Crippen LogP contribution in [0.1, 0.15) is 17.0 Å². The molecule has 128 valence electrons. The summed E-state index contributed by atoms with van der Waals surface area (Å²) in [6.07, 6.45) is 11.5. The lowest BCUT2D eigenvalue weighted by atomic mass is 10.1. The number of anilines is 2. The summed E-state index contributed by atoms with van der Waals surface area (Å²) in [5.74, 6) is 0.162. The van der Waals surface area contributed by atoms with Gasteiger partial charge in [0.2, 0.25) is 5.95 Å². The highest BCUT2D eigenvalue weighted by Crippen LogP contribution is 2.28. The fraction of sp³-hybridized carbons (Fsp3) is 0.105. The summed E-state index contributed by atoms with van der Waals surface area (Å²) >= 11 is 0. The molecule has 5 rings (SSSR count). The Bertz CT molecular complexity index is 1210. The van der Waals surface area contributed by atoms with Crippen LogP contribution in [0.5, 0.6) is 0 Å². The van der Waals surface area contributed by atoms with E-state index in [4.69, 9.17) is 5.73 Å². The Morgan fingerprint density at radius 1 is 1.27 bits per heavy atom. The predicted molar refractivity (Wildman–Crippen MR) is 102 cm³/mol. The smallest absolute Gasteiger partial charge is 0.280 e. The minimum absolute atomic E-state index is 0.130. The van der Waals surface area contributed by atoms with Crippen molar-refractivity contribution in [3.8, 4) is 0 Å². The number of allylic oxidation sites excluding steroid dienone is 4. The fourth-order valence-electron chi connectivity index (χ4n) is 3.39. The highest BCUT2D eigenvalue weighted by atomic mass is 16.1. The third-order valence-electron chi connectivity index (χ3n) is 4.78. The minimum Gasteiger partial charge on any atom is -0.368 e. The molecular formula is C19H16N6O. The standard InChI is InChI=1S/C19H16N6O/c1-11-14-9-16(24-8-6-15-12(10-24)5-7-21-15)18(26)25(13-3-2-4-13)17(14)23-19(20)22-11/h2-9,21H,10H2,1H3,(H2,20,22,23). The molecule has 0 radical (unpaired) electrons. The lowest BCUT2D eigenvalue weighted by Gasteiger charge is -2.25. The molecule has 7 heteroatoms. The highest BCUT2D eigenvalue weighted by Gasteiger charge is 2.21. The van der Waals surface area contributed by atoms with E-state index in [0.29, 0.717) is 17.9 Å². The van der Waals surface area contributed by atoms with Crippen molar-refractivity contribution in [3.05, 3.63) is 70.1 Å². The van der Waals surface area contributed by atoms with E-state index in [0.717, 1.165) is 28.0 Å². The van der Waals surface area contributed by atoms with Gasteiger partial charge >= 0.3 is 0 Å². The molecule has 3 aromatic rings. The zero-order valence-electron chi connectivity index (χ0n) is 14.1. The van der Waals surface area contributed by atoms with E-state index in [1.54, 1.807) is 4.57 Å². The van der Waals surface area contributed by atoms with Gasteiger partial charge in [0.15, 0.2) is 5.65 Å². The zero-order chi connectivity index (χ0) is 17.8. The van der Waals surface area contributed by atoms with Crippen molar-refractivity contribution in [3.63, 3.8) is 0 Å². The van der Waals surface area contributed by atoms with Gasteiger partial charge in [-0.2, -0.15) is 4.98 Å². The van der Waals surface area contributed by atoms with Crippen molar-refractivity contribution in [2.45, 2.75) is 13.5 Å². The average molecular weight is 344 g/mol. The van der Waals surface area contributed by atoms with Gasteiger partial charge < -0.3 is 15.6 Å². The number of nitrogens with two attached hydrogens (primary N) is 1. The zero-order valence-corrected chi connectivity index (χ0v) is 14.1. The first-order valence-electron chi connectivity index (χ1n) is 8.31. The Morgan fingerprint density at radius 3 is 2.88 bits per heavy atom. The number of hydrogen-bond donors (Lipinski definition) is 2. The second kappa shape index (κ2) is 5.19. The molecule has 7 nitrogen and oxygen atoms in total. The van der Waals surface area contributed by atoms with Gasteiger partial charge in [-0.25, -0.2) is 4.98 Å². The topological polar surface area (TPSA) is 92.8 Å². The van der Waals surface area contributed by atoms with Gasteiger partial charge in [-0.15, -0.1) is 0 Å². The van der Waals surface area contributed by atoms with Gasteiger partial charge in [0.1, 0.15) is 5.69 Å². The molecule has 1 aliphatic carbocycles. The van der Waals surface area contributed by atoms with E-state index in [1.165, 1.54) is 0 Å². The molecule has 0 amide bonds. The van der Waals surface area contributed by atoms with E-state index in [-0.39, 0.29) is 11.5 Å². The first kappa shape index (κ1) is 14.7. The molecular weight excluding hydrogens is 328 g/mol. The molecule has 2 aliphatic rings. The van der Waals surface area contributed by atoms with Crippen LogP contribution in [0.2, 0.25) is 0 Å². The summed E-state index contributed by atoms with van der Waals surface area (Å²) in [4.78, 5) is 27.0. The third-order valence-corrected chi connectivity index (χ3v) is 4.78. The van der Waals surface area contributed by atoms with Gasteiger partial charge in [0.05, 0.1) is 11.4 Å². The number of aryl methyl sites for hydroxylation is 1. The van der Waals surface area contributed by atoms with Crippen LogP contribution >= 0.6 is 0 Å². The number of rotatable bonds is 2. The first-order valence-corrected chi connectivity index (χ1v) is 8.31. The number of pyridine rings is 1. The maximum atomic E-state index is 13.3. The fourth-order valence-corrected chi connectivity index (χ4v) is 3.39. The van der Waals surface area contributed by atoms with Crippen molar-refractivity contribution in [1.82, 2.24) is 19.5 Å². The van der Waals surface area contributed by atoms with Crippen molar-refractivity contribution in [1.29, 1.82) is 0 Å². The molecule has 1 aliphatic heterocycles. The van der Waals surface area contributed by atoms with E-state index in [1.807, 2.05) is 60.7 Å². The highest BCUT2D eigenvalue weighted by molar-refractivity contribution is 5.87. The first-order chi connectivity index (χ1) is 12.6. The number of fused-ring (bicyclic) bond motifs is 2. The molecule has 0 saturated heterocycles. The molecule has 0 fully saturated rings. The van der Waals surface area contributed by atoms with E-state index >= 15 is 0 Å². The average Bonchev–Trinajstić information content (AvgIpc) is 3.03. The maximum absolute atomic E-state index is 13.3. The van der Waals surface area contributed by atoms with Crippen LogP contribution in [0, 0.1) is 6.92 Å². The summed E-state index contributed by atoms with van der Waals surface area (Å²) < 4.78 is 1.61. The van der Waals surface area contributed by atoms with E-state index in [2.05, 4.69) is 15.0 Å². The molecule has 3 aromatic heterocycles. The summed E-state index contributed by atoms with van der Waals surface area (Å²) in [5.41, 5.74) is 10.6. The van der Waals surface area contributed by atoms with Crippen LogP contribution in [-0.4, -0.2) is 19.5 Å². The van der Waals surface area contributed by atoms with Gasteiger partial charge in [-0.1, -0.05) is 6.08 Å². The monoisotopic (exact) mass is 344 g/mol. The Hall–Kier alpha value is -3.61. The van der Waals surface area contributed by atoms with Gasteiger partial charge in [0, 0.05) is 30.0 Å². The Balaban J connectivity index is 1.77. The Morgan fingerprint density at radius 2 is 2.12 bits per heavy atom. The molecule has 26 heavy (non-hydrogen) atoms. The SMILES string of the molecule is Cc1nc(N)nc2c1cc(N1C=Cc3[nH]ccc3C1)c(=O)n2C1=CC=C1. The van der Waals surface area contributed by atoms with Gasteiger partial charge in [-0.05, 0) is 42.8 Å². The van der Waals surface area contributed by atoms with E-state index in [9.17, 15) is 4.79 Å². The van der Waals surface area contributed by atoms with Crippen molar-refractivity contribution in [2.24, 2.45) is 0 Å². The van der Waals surface area contributed by atoms with Crippen molar-refractivity contribution < 1.29 is 0 Å². The molecule has 0 aromatic carbocycles. The summed E-state index contributed by atoms with van der Waals surface area (Å²) in [6.45, 7) is 2.50. The third kappa shape index (κ3) is 2.03. The van der Waals surface area contributed by atoms with Gasteiger partial charge in [-0.3, -0.25) is 9.36 Å². The van der Waals surface area contributed by atoms with Crippen LogP contribution in [0.25, 0.3) is 22.8 Å². The molecule has 0 atom stereocenters. The quantitative estimate of drug-likeness (QED) is 0.745. The number of nitrogens with one attached hydrogen (secondary N) is 1. The number of hydrogen-bond acceptors (Lipinski definition) is 5. The molecule has 4 heterocycles. The minimum atomic E-state index is -0.130. The molecule has 0 unspecified atom stereocenters. The van der Waals surface area contributed by atoms with Crippen molar-refractivity contribution >= 4 is 34.4 Å². The lowest BCUT2D eigenvalue weighted by molar-refractivity contribution is 0.922. The lowest BCUT2D eigenvalue weighted by Crippen LogP contribution is -2.30. The molecule has 0 spiro atoms.